The van der Waals surface area contributed by atoms with Gasteiger partial charge in [0, 0.05) is 12.7 Å². The zero-order valence-electron chi connectivity index (χ0n) is 12.0. The second-order valence-corrected chi connectivity index (χ2v) is 4.89. The highest BCUT2D eigenvalue weighted by Crippen LogP contribution is 2.24. The lowest BCUT2D eigenvalue weighted by molar-refractivity contribution is -0.123. The number of carbonyl (C=O) groups excluding carboxylic acids is 1. The molecule has 0 aromatic heterocycles. The minimum atomic E-state index is -0.581. The second kappa shape index (κ2) is 5.40. The van der Waals surface area contributed by atoms with Crippen LogP contribution in [0.5, 0.6) is 5.75 Å². The molecule has 100 valence electrons. The van der Waals surface area contributed by atoms with E-state index in [0.717, 1.165) is 17.0 Å². The van der Waals surface area contributed by atoms with E-state index < -0.39 is 5.54 Å². The summed E-state index contributed by atoms with van der Waals surface area (Å²) in [6.45, 7) is 5.69. The molecule has 1 aromatic rings. The van der Waals surface area contributed by atoms with Gasteiger partial charge in [0.2, 0.25) is 5.91 Å². The van der Waals surface area contributed by atoms with Crippen molar-refractivity contribution in [2.24, 2.45) is 0 Å². The summed E-state index contributed by atoms with van der Waals surface area (Å²) in [5.41, 5.74) is 1.29. The van der Waals surface area contributed by atoms with E-state index in [4.69, 9.17) is 4.74 Å². The molecule has 0 spiro atoms. The van der Waals surface area contributed by atoms with Crippen molar-refractivity contribution < 1.29 is 9.53 Å². The first-order valence-corrected chi connectivity index (χ1v) is 5.95. The van der Waals surface area contributed by atoms with Crippen LogP contribution in [0.3, 0.4) is 0 Å². The molecule has 0 atom stereocenters. The molecule has 0 saturated carbocycles. The minimum Gasteiger partial charge on any atom is -0.496 e. The number of hydrogen-bond donors (Lipinski definition) is 1. The third kappa shape index (κ3) is 2.82. The standard InChI is InChI=1S/C14H22N2O2/c1-10-9-11(7-8-12(10)18-6)16(5)13(17)14(2,3)15-4/h7-9,15H,1-6H3. The molecule has 1 rings (SSSR count). The first-order chi connectivity index (χ1) is 8.33. The van der Waals surface area contributed by atoms with Crippen LogP contribution in [0.4, 0.5) is 5.69 Å². The van der Waals surface area contributed by atoms with Crippen molar-refractivity contribution in [3.05, 3.63) is 23.8 Å². The molecule has 0 saturated heterocycles. The number of ether oxygens (including phenoxy) is 1. The van der Waals surface area contributed by atoms with Crippen molar-refractivity contribution in [2.45, 2.75) is 26.3 Å². The molecule has 1 amide bonds. The minimum absolute atomic E-state index is 0.0227. The number of anilines is 1. The van der Waals surface area contributed by atoms with Crippen molar-refractivity contribution in [2.75, 3.05) is 26.1 Å². The van der Waals surface area contributed by atoms with E-state index in [1.165, 1.54) is 0 Å². The lowest BCUT2D eigenvalue weighted by atomic mass is 10.0. The largest absolute Gasteiger partial charge is 0.496 e. The maximum absolute atomic E-state index is 12.3. The third-order valence-corrected chi connectivity index (χ3v) is 3.23. The molecule has 0 fully saturated rings. The first kappa shape index (κ1) is 14.5. The lowest BCUT2D eigenvalue weighted by Gasteiger charge is -2.29. The van der Waals surface area contributed by atoms with Gasteiger partial charge in [-0.15, -0.1) is 0 Å². The second-order valence-electron chi connectivity index (χ2n) is 4.89. The van der Waals surface area contributed by atoms with E-state index in [1.54, 1.807) is 26.1 Å². The maximum atomic E-state index is 12.3. The highest BCUT2D eigenvalue weighted by Gasteiger charge is 2.29. The maximum Gasteiger partial charge on any atom is 0.246 e. The van der Waals surface area contributed by atoms with Crippen molar-refractivity contribution in [3.63, 3.8) is 0 Å². The highest BCUT2D eigenvalue weighted by atomic mass is 16.5. The fourth-order valence-electron chi connectivity index (χ4n) is 1.71. The van der Waals surface area contributed by atoms with Gasteiger partial charge < -0.3 is 15.0 Å². The summed E-state index contributed by atoms with van der Waals surface area (Å²) in [6.07, 6.45) is 0. The van der Waals surface area contributed by atoms with Gasteiger partial charge in [-0.1, -0.05) is 0 Å². The number of aryl methyl sites for hydroxylation is 1. The van der Waals surface area contributed by atoms with E-state index in [2.05, 4.69) is 5.32 Å². The average molecular weight is 250 g/mol. The molecule has 4 nitrogen and oxygen atoms in total. The van der Waals surface area contributed by atoms with E-state index in [-0.39, 0.29) is 5.91 Å². The van der Waals surface area contributed by atoms with Crippen molar-refractivity contribution in [3.8, 4) is 5.75 Å². The molecule has 0 unspecified atom stereocenters. The van der Waals surface area contributed by atoms with Crippen molar-refractivity contribution in [1.82, 2.24) is 5.32 Å². The number of carbonyl (C=O) groups is 1. The zero-order chi connectivity index (χ0) is 13.9. The summed E-state index contributed by atoms with van der Waals surface area (Å²) in [5, 5.41) is 3.01. The van der Waals surface area contributed by atoms with Gasteiger partial charge in [-0.3, -0.25) is 4.79 Å². The van der Waals surface area contributed by atoms with Gasteiger partial charge in [0.25, 0.3) is 0 Å². The van der Waals surface area contributed by atoms with Crippen molar-refractivity contribution in [1.29, 1.82) is 0 Å². The van der Waals surface area contributed by atoms with Crippen LogP contribution in [-0.4, -0.2) is 32.7 Å². The summed E-state index contributed by atoms with van der Waals surface area (Å²) in [4.78, 5) is 13.9. The molecular weight excluding hydrogens is 228 g/mol. The smallest absolute Gasteiger partial charge is 0.246 e. The Bertz CT molecular complexity index is 441. The average Bonchev–Trinajstić information content (AvgIpc) is 2.36. The number of nitrogens with one attached hydrogen (secondary N) is 1. The molecule has 0 aliphatic carbocycles. The molecule has 4 heteroatoms. The fraction of sp³-hybridized carbons (Fsp3) is 0.500. The van der Waals surface area contributed by atoms with Crippen LogP contribution in [-0.2, 0) is 4.79 Å². The number of amides is 1. The number of likely N-dealkylation sites (N-methyl/N-ethyl adjacent to an activating group) is 2. The van der Waals surface area contributed by atoms with Gasteiger partial charge in [-0.25, -0.2) is 0 Å². The molecule has 0 heterocycles. The predicted octanol–water partition coefficient (Wildman–Crippen LogP) is 1.96. The third-order valence-electron chi connectivity index (χ3n) is 3.23. The van der Waals surface area contributed by atoms with Crippen molar-refractivity contribution >= 4 is 11.6 Å². The molecule has 18 heavy (non-hydrogen) atoms. The number of methoxy groups -OCH3 is 1. The van der Waals surface area contributed by atoms with E-state index in [0.29, 0.717) is 0 Å². The number of hydrogen-bond acceptors (Lipinski definition) is 3. The normalized spacial score (nSPS) is 11.2. The Morgan fingerprint density at radius 2 is 2.00 bits per heavy atom. The molecular formula is C14H22N2O2. The Morgan fingerprint density at radius 1 is 1.39 bits per heavy atom. The summed E-state index contributed by atoms with van der Waals surface area (Å²) in [6, 6.07) is 5.71. The molecule has 1 N–H and O–H groups in total. The highest BCUT2D eigenvalue weighted by molar-refractivity contribution is 5.99. The molecule has 1 aromatic carbocycles. The Hall–Kier alpha value is -1.55. The number of nitrogens with zero attached hydrogens (tertiary/aromatic N) is 1. The predicted molar refractivity (Wildman–Crippen MR) is 74.3 cm³/mol. The Kier molecular flexibility index (Phi) is 4.35. The topological polar surface area (TPSA) is 41.6 Å². The summed E-state index contributed by atoms with van der Waals surface area (Å²) in [7, 11) is 5.20. The van der Waals surface area contributed by atoms with Gasteiger partial charge in [0.05, 0.1) is 12.6 Å². The fourth-order valence-corrected chi connectivity index (χ4v) is 1.71. The first-order valence-electron chi connectivity index (χ1n) is 5.95. The quantitative estimate of drug-likeness (QED) is 0.888. The number of benzene rings is 1. The van der Waals surface area contributed by atoms with Crippen LogP contribution in [0.1, 0.15) is 19.4 Å². The molecule has 0 bridgehead atoms. The van der Waals surface area contributed by atoms with Gasteiger partial charge in [0.15, 0.2) is 0 Å². The van der Waals surface area contributed by atoms with Crippen LogP contribution in [0.2, 0.25) is 0 Å². The molecule has 0 aliphatic rings. The Labute approximate surface area is 109 Å². The Balaban J connectivity index is 3.01. The van der Waals surface area contributed by atoms with Crippen LogP contribution < -0.4 is 15.0 Å². The van der Waals surface area contributed by atoms with Crippen LogP contribution in [0, 0.1) is 6.92 Å². The van der Waals surface area contributed by atoms with Crippen LogP contribution in [0.15, 0.2) is 18.2 Å². The van der Waals surface area contributed by atoms with Gasteiger partial charge in [0.1, 0.15) is 5.75 Å². The Morgan fingerprint density at radius 3 is 2.44 bits per heavy atom. The van der Waals surface area contributed by atoms with Crippen LogP contribution >= 0.6 is 0 Å². The van der Waals surface area contributed by atoms with E-state index >= 15 is 0 Å². The van der Waals surface area contributed by atoms with E-state index in [1.807, 2.05) is 39.0 Å². The van der Waals surface area contributed by atoms with Gasteiger partial charge in [-0.2, -0.15) is 0 Å². The van der Waals surface area contributed by atoms with Gasteiger partial charge in [-0.05, 0) is 51.6 Å². The summed E-state index contributed by atoms with van der Waals surface area (Å²) in [5.74, 6) is 0.849. The van der Waals surface area contributed by atoms with Crippen LogP contribution in [0.25, 0.3) is 0 Å². The zero-order valence-corrected chi connectivity index (χ0v) is 12.0. The lowest BCUT2D eigenvalue weighted by Crippen LogP contribution is -2.51. The summed E-state index contributed by atoms with van der Waals surface area (Å²) >= 11 is 0. The molecule has 0 aliphatic heterocycles. The summed E-state index contributed by atoms with van der Waals surface area (Å²) < 4.78 is 5.21. The van der Waals surface area contributed by atoms with E-state index in [9.17, 15) is 4.79 Å². The SMILES string of the molecule is CNC(C)(C)C(=O)N(C)c1ccc(OC)c(C)c1. The monoisotopic (exact) mass is 250 g/mol. The molecule has 0 radical (unpaired) electrons. The number of rotatable bonds is 4. The van der Waals surface area contributed by atoms with Gasteiger partial charge >= 0.3 is 0 Å².